The topological polar surface area (TPSA) is 87.7 Å². The van der Waals surface area contributed by atoms with Crippen LogP contribution >= 0.6 is 11.6 Å². The fraction of sp³-hybridized carbons (Fsp3) is 0.211. The summed E-state index contributed by atoms with van der Waals surface area (Å²) in [5.74, 6) is -0.365. The van der Waals surface area contributed by atoms with Crippen LogP contribution in [0.3, 0.4) is 0 Å². The van der Waals surface area contributed by atoms with E-state index in [9.17, 15) is 14.4 Å². The SMILES string of the molecule is COc1ccc(N2C(=O)C[C@H](Nc3ccc(NC(C)=O)cc3)C2=O)cc1Cl. The quantitative estimate of drug-likeness (QED) is 0.770. The minimum atomic E-state index is -0.676. The first kappa shape index (κ1) is 18.7. The predicted molar refractivity (Wildman–Crippen MR) is 103 cm³/mol. The number of ether oxygens (including phenoxy) is 1. The number of nitrogens with one attached hydrogen (secondary N) is 2. The van der Waals surface area contributed by atoms with E-state index in [1.54, 1.807) is 36.4 Å². The lowest BCUT2D eigenvalue weighted by molar-refractivity contribution is -0.121. The van der Waals surface area contributed by atoms with E-state index >= 15 is 0 Å². The van der Waals surface area contributed by atoms with E-state index in [2.05, 4.69) is 10.6 Å². The van der Waals surface area contributed by atoms with Crippen LogP contribution in [0.1, 0.15) is 13.3 Å². The van der Waals surface area contributed by atoms with Gasteiger partial charge in [0, 0.05) is 18.3 Å². The van der Waals surface area contributed by atoms with Crippen LogP contribution < -0.4 is 20.3 Å². The van der Waals surface area contributed by atoms with E-state index in [1.165, 1.54) is 20.1 Å². The molecule has 140 valence electrons. The summed E-state index contributed by atoms with van der Waals surface area (Å²) in [5.41, 5.74) is 1.72. The molecular weight excluding hydrogens is 370 g/mol. The van der Waals surface area contributed by atoms with Crippen molar-refractivity contribution >= 4 is 46.4 Å². The number of benzene rings is 2. The second kappa shape index (κ2) is 7.67. The molecule has 2 N–H and O–H groups in total. The van der Waals surface area contributed by atoms with Gasteiger partial charge in [-0.15, -0.1) is 0 Å². The van der Waals surface area contributed by atoms with Gasteiger partial charge in [-0.1, -0.05) is 11.6 Å². The standard InChI is InChI=1S/C19H18ClN3O4/c1-11(24)21-12-3-5-13(6-4-12)22-16-10-18(25)23(19(16)26)14-7-8-17(27-2)15(20)9-14/h3-9,16,22H,10H2,1-2H3,(H,21,24)/t16-/m0/s1. The van der Waals surface area contributed by atoms with E-state index in [4.69, 9.17) is 16.3 Å². The zero-order chi connectivity index (χ0) is 19.6. The molecule has 27 heavy (non-hydrogen) atoms. The van der Waals surface area contributed by atoms with Crippen molar-refractivity contribution in [3.05, 3.63) is 47.5 Å². The van der Waals surface area contributed by atoms with Crippen molar-refractivity contribution in [2.24, 2.45) is 0 Å². The Morgan fingerprint density at radius 3 is 2.41 bits per heavy atom. The molecule has 3 amide bonds. The number of nitrogens with zero attached hydrogens (tertiary/aromatic N) is 1. The van der Waals surface area contributed by atoms with Gasteiger partial charge in [-0.2, -0.15) is 0 Å². The molecule has 0 bridgehead atoms. The normalized spacial score (nSPS) is 16.4. The first-order chi connectivity index (χ1) is 12.9. The number of halogens is 1. The fourth-order valence-electron chi connectivity index (χ4n) is 2.86. The summed E-state index contributed by atoms with van der Waals surface area (Å²) in [6, 6.07) is 11.0. The first-order valence-electron chi connectivity index (χ1n) is 8.23. The van der Waals surface area contributed by atoms with Gasteiger partial charge in [0.2, 0.25) is 11.8 Å². The first-order valence-corrected chi connectivity index (χ1v) is 8.61. The zero-order valence-corrected chi connectivity index (χ0v) is 15.5. The Morgan fingerprint density at radius 2 is 1.81 bits per heavy atom. The lowest BCUT2D eigenvalue weighted by Crippen LogP contribution is -2.34. The van der Waals surface area contributed by atoms with Crippen LogP contribution in [0.15, 0.2) is 42.5 Å². The van der Waals surface area contributed by atoms with E-state index in [0.717, 1.165) is 4.90 Å². The number of amides is 3. The van der Waals surface area contributed by atoms with Gasteiger partial charge < -0.3 is 15.4 Å². The highest BCUT2D eigenvalue weighted by Crippen LogP contribution is 2.32. The maximum Gasteiger partial charge on any atom is 0.256 e. The van der Waals surface area contributed by atoms with Crippen molar-refractivity contribution in [1.29, 1.82) is 0 Å². The van der Waals surface area contributed by atoms with E-state index in [-0.39, 0.29) is 24.1 Å². The van der Waals surface area contributed by atoms with Crippen LogP contribution in [0.4, 0.5) is 17.1 Å². The van der Waals surface area contributed by atoms with Gasteiger partial charge in [-0.3, -0.25) is 14.4 Å². The Morgan fingerprint density at radius 1 is 1.15 bits per heavy atom. The minimum Gasteiger partial charge on any atom is -0.495 e. The van der Waals surface area contributed by atoms with Gasteiger partial charge in [-0.05, 0) is 42.5 Å². The Hall–Kier alpha value is -3.06. The summed E-state index contributed by atoms with van der Waals surface area (Å²) in [4.78, 5) is 37.3. The summed E-state index contributed by atoms with van der Waals surface area (Å²) in [6.45, 7) is 1.43. The molecule has 0 unspecified atom stereocenters. The van der Waals surface area contributed by atoms with Gasteiger partial charge in [0.1, 0.15) is 11.8 Å². The molecule has 0 aliphatic carbocycles. The largest absolute Gasteiger partial charge is 0.495 e. The average molecular weight is 388 g/mol. The molecule has 1 fully saturated rings. The maximum atomic E-state index is 12.7. The summed E-state index contributed by atoms with van der Waals surface area (Å²) in [6.07, 6.45) is 0.0376. The van der Waals surface area contributed by atoms with Crippen LogP contribution in [-0.4, -0.2) is 30.9 Å². The van der Waals surface area contributed by atoms with Gasteiger partial charge in [0.25, 0.3) is 5.91 Å². The number of imide groups is 1. The van der Waals surface area contributed by atoms with Gasteiger partial charge in [0.05, 0.1) is 24.2 Å². The number of carbonyl (C=O) groups is 3. The zero-order valence-electron chi connectivity index (χ0n) is 14.8. The van der Waals surface area contributed by atoms with Crippen molar-refractivity contribution in [3.63, 3.8) is 0 Å². The summed E-state index contributed by atoms with van der Waals surface area (Å²) < 4.78 is 5.09. The molecule has 0 radical (unpaired) electrons. The van der Waals surface area contributed by atoms with E-state index in [0.29, 0.717) is 27.8 Å². The second-order valence-electron chi connectivity index (χ2n) is 6.05. The third-order valence-electron chi connectivity index (χ3n) is 4.09. The molecule has 3 rings (SSSR count). The molecule has 0 saturated carbocycles. The molecule has 8 heteroatoms. The number of anilines is 3. The van der Waals surface area contributed by atoms with Crippen LogP contribution in [0.5, 0.6) is 5.75 Å². The number of carbonyl (C=O) groups excluding carboxylic acids is 3. The van der Waals surface area contributed by atoms with Crippen LogP contribution in [0.25, 0.3) is 0 Å². The number of hydrogen-bond acceptors (Lipinski definition) is 5. The molecule has 1 aliphatic heterocycles. The van der Waals surface area contributed by atoms with Crippen molar-refractivity contribution in [3.8, 4) is 5.75 Å². The van der Waals surface area contributed by atoms with Gasteiger partial charge in [-0.25, -0.2) is 4.90 Å². The average Bonchev–Trinajstić information content (AvgIpc) is 2.89. The van der Waals surface area contributed by atoms with Crippen molar-refractivity contribution in [2.75, 3.05) is 22.6 Å². The number of rotatable bonds is 5. The molecule has 0 spiro atoms. The number of methoxy groups -OCH3 is 1. The molecule has 1 aliphatic rings. The lowest BCUT2D eigenvalue weighted by Gasteiger charge is -2.17. The monoisotopic (exact) mass is 387 g/mol. The lowest BCUT2D eigenvalue weighted by atomic mass is 10.2. The summed E-state index contributed by atoms with van der Waals surface area (Å²) >= 11 is 6.10. The summed E-state index contributed by atoms with van der Waals surface area (Å²) in [7, 11) is 1.49. The van der Waals surface area contributed by atoms with Crippen LogP contribution in [0, 0.1) is 0 Å². The Balaban J connectivity index is 1.74. The van der Waals surface area contributed by atoms with Crippen LogP contribution in [-0.2, 0) is 14.4 Å². The van der Waals surface area contributed by atoms with Crippen molar-refractivity contribution in [1.82, 2.24) is 0 Å². The summed E-state index contributed by atoms with van der Waals surface area (Å²) in [5, 5.41) is 6.04. The second-order valence-corrected chi connectivity index (χ2v) is 6.45. The molecule has 1 atom stereocenters. The van der Waals surface area contributed by atoms with E-state index in [1.807, 2.05) is 0 Å². The minimum absolute atomic E-state index is 0.0376. The van der Waals surface area contributed by atoms with E-state index < -0.39 is 6.04 Å². The highest BCUT2D eigenvalue weighted by atomic mass is 35.5. The molecule has 2 aromatic carbocycles. The molecule has 1 saturated heterocycles. The van der Waals surface area contributed by atoms with Gasteiger partial charge >= 0.3 is 0 Å². The Bertz CT molecular complexity index is 898. The molecule has 1 heterocycles. The van der Waals surface area contributed by atoms with Crippen molar-refractivity contribution in [2.45, 2.75) is 19.4 Å². The Kier molecular flexibility index (Phi) is 5.32. The molecule has 2 aromatic rings. The van der Waals surface area contributed by atoms with Crippen LogP contribution in [0.2, 0.25) is 5.02 Å². The molecule has 0 aromatic heterocycles. The molecular formula is C19H18ClN3O4. The third kappa shape index (κ3) is 4.03. The smallest absolute Gasteiger partial charge is 0.256 e. The highest BCUT2D eigenvalue weighted by molar-refractivity contribution is 6.33. The fourth-order valence-corrected chi connectivity index (χ4v) is 3.12. The third-order valence-corrected chi connectivity index (χ3v) is 4.38. The van der Waals surface area contributed by atoms with Gasteiger partial charge in [0.15, 0.2) is 0 Å². The predicted octanol–water partition coefficient (Wildman–Crippen LogP) is 3.05. The maximum absolute atomic E-state index is 12.7. The van der Waals surface area contributed by atoms with Crippen molar-refractivity contribution < 1.29 is 19.1 Å². The molecule has 7 nitrogen and oxygen atoms in total. The Labute approximate surface area is 161 Å². The number of hydrogen-bond donors (Lipinski definition) is 2. The highest BCUT2D eigenvalue weighted by Gasteiger charge is 2.39.